The van der Waals surface area contributed by atoms with Crippen molar-refractivity contribution in [2.75, 3.05) is 20.3 Å². The fourth-order valence-corrected chi connectivity index (χ4v) is 1.69. The molecule has 0 radical (unpaired) electrons. The van der Waals surface area contributed by atoms with E-state index in [1.165, 1.54) is 0 Å². The first-order valence-electron chi connectivity index (χ1n) is 4.61. The molecule has 1 aliphatic rings. The number of ether oxygens (including phenoxy) is 1. The van der Waals surface area contributed by atoms with Crippen LogP contribution in [0, 0.1) is 0 Å². The maximum Gasteiger partial charge on any atom is 0.240 e. The van der Waals surface area contributed by atoms with E-state index in [4.69, 9.17) is 16.3 Å². The SMILES string of the molecule is C[C@@H](Cl)C(=O)N(C)C1CCOCC1. The molecule has 0 bridgehead atoms. The molecule has 0 aromatic heterocycles. The smallest absolute Gasteiger partial charge is 0.240 e. The Balaban J connectivity index is 2.45. The van der Waals surface area contributed by atoms with Gasteiger partial charge in [-0.25, -0.2) is 0 Å². The molecule has 1 atom stereocenters. The van der Waals surface area contributed by atoms with E-state index in [9.17, 15) is 4.79 Å². The zero-order chi connectivity index (χ0) is 9.84. The number of carbonyl (C=O) groups is 1. The van der Waals surface area contributed by atoms with Gasteiger partial charge in [-0.1, -0.05) is 0 Å². The summed E-state index contributed by atoms with van der Waals surface area (Å²) in [5.74, 6) is 0.00793. The van der Waals surface area contributed by atoms with Crippen molar-refractivity contribution in [3.05, 3.63) is 0 Å². The van der Waals surface area contributed by atoms with Crippen LogP contribution in [0.25, 0.3) is 0 Å². The molecule has 4 heteroatoms. The summed E-state index contributed by atoms with van der Waals surface area (Å²) in [5.41, 5.74) is 0. The van der Waals surface area contributed by atoms with E-state index in [1.54, 1.807) is 11.8 Å². The van der Waals surface area contributed by atoms with E-state index in [1.807, 2.05) is 7.05 Å². The molecule has 1 saturated heterocycles. The van der Waals surface area contributed by atoms with Gasteiger partial charge in [0.1, 0.15) is 5.38 Å². The quantitative estimate of drug-likeness (QED) is 0.636. The summed E-state index contributed by atoms with van der Waals surface area (Å²) in [6.07, 6.45) is 1.84. The predicted octanol–water partition coefficient (Wildman–Crippen LogP) is 1.25. The van der Waals surface area contributed by atoms with Crippen molar-refractivity contribution in [3.8, 4) is 0 Å². The summed E-state index contributed by atoms with van der Waals surface area (Å²) >= 11 is 5.72. The molecule has 1 rings (SSSR count). The highest BCUT2D eigenvalue weighted by Gasteiger charge is 2.24. The Morgan fingerprint density at radius 2 is 2.08 bits per heavy atom. The van der Waals surface area contributed by atoms with Gasteiger partial charge in [-0.15, -0.1) is 11.6 Å². The maximum absolute atomic E-state index is 11.5. The monoisotopic (exact) mass is 205 g/mol. The molecule has 0 spiro atoms. The lowest BCUT2D eigenvalue weighted by molar-refractivity contribution is -0.132. The Kier molecular flexibility index (Phi) is 4.00. The van der Waals surface area contributed by atoms with Gasteiger partial charge < -0.3 is 9.64 Å². The van der Waals surface area contributed by atoms with Crippen LogP contribution in [0.2, 0.25) is 0 Å². The maximum atomic E-state index is 11.5. The number of hydrogen-bond acceptors (Lipinski definition) is 2. The van der Waals surface area contributed by atoms with Crippen LogP contribution in [0.3, 0.4) is 0 Å². The minimum atomic E-state index is -0.423. The molecule has 1 aliphatic heterocycles. The van der Waals surface area contributed by atoms with Crippen molar-refractivity contribution >= 4 is 17.5 Å². The molecule has 1 heterocycles. The van der Waals surface area contributed by atoms with Crippen molar-refractivity contribution < 1.29 is 9.53 Å². The largest absolute Gasteiger partial charge is 0.381 e. The molecule has 0 unspecified atom stereocenters. The summed E-state index contributed by atoms with van der Waals surface area (Å²) in [7, 11) is 1.82. The summed E-state index contributed by atoms with van der Waals surface area (Å²) in [4.78, 5) is 13.2. The van der Waals surface area contributed by atoms with Crippen LogP contribution in [0.1, 0.15) is 19.8 Å². The van der Waals surface area contributed by atoms with Crippen molar-refractivity contribution in [1.29, 1.82) is 0 Å². The summed E-state index contributed by atoms with van der Waals surface area (Å²) in [6, 6.07) is 0.308. The average molecular weight is 206 g/mol. The molecule has 76 valence electrons. The van der Waals surface area contributed by atoms with E-state index in [0.29, 0.717) is 6.04 Å². The Bertz CT molecular complexity index is 178. The Morgan fingerprint density at radius 1 is 1.54 bits per heavy atom. The number of carbonyl (C=O) groups excluding carboxylic acids is 1. The third-order valence-corrected chi connectivity index (χ3v) is 2.61. The first kappa shape index (κ1) is 10.8. The lowest BCUT2D eigenvalue weighted by Crippen LogP contribution is -2.43. The number of halogens is 1. The van der Waals surface area contributed by atoms with Crippen LogP contribution in [-0.2, 0) is 9.53 Å². The second-order valence-electron chi connectivity index (χ2n) is 3.41. The van der Waals surface area contributed by atoms with E-state index >= 15 is 0 Å². The molecule has 0 saturated carbocycles. The first-order valence-corrected chi connectivity index (χ1v) is 5.05. The van der Waals surface area contributed by atoms with Gasteiger partial charge in [-0.3, -0.25) is 4.79 Å². The Labute approximate surface area is 84.0 Å². The molecule has 13 heavy (non-hydrogen) atoms. The third-order valence-electron chi connectivity index (χ3n) is 2.43. The van der Waals surface area contributed by atoms with Gasteiger partial charge in [0.15, 0.2) is 0 Å². The number of hydrogen-bond donors (Lipinski definition) is 0. The van der Waals surface area contributed by atoms with Gasteiger partial charge >= 0.3 is 0 Å². The third kappa shape index (κ3) is 2.85. The summed E-state index contributed by atoms with van der Waals surface area (Å²) in [6.45, 7) is 3.21. The van der Waals surface area contributed by atoms with Gasteiger partial charge in [-0.05, 0) is 19.8 Å². The summed E-state index contributed by atoms with van der Waals surface area (Å²) in [5, 5.41) is -0.423. The highest BCUT2D eigenvalue weighted by atomic mass is 35.5. The van der Waals surface area contributed by atoms with Crippen LogP contribution >= 0.6 is 11.6 Å². The highest BCUT2D eigenvalue weighted by molar-refractivity contribution is 6.30. The number of nitrogens with zero attached hydrogens (tertiary/aromatic N) is 1. The molecule has 3 nitrogen and oxygen atoms in total. The molecule has 0 aliphatic carbocycles. The number of rotatable bonds is 2. The molecule has 0 aromatic rings. The van der Waals surface area contributed by atoms with E-state index < -0.39 is 5.38 Å². The zero-order valence-electron chi connectivity index (χ0n) is 8.12. The number of amides is 1. The fraction of sp³-hybridized carbons (Fsp3) is 0.889. The van der Waals surface area contributed by atoms with Gasteiger partial charge in [0.05, 0.1) is 0 Å². The molecule has 1 amide bonds. The minimum Gasteiger partial charge on any atom is -0.381 e. The van der Waals surface area contributed by atoms with Gasteiger partial charge in [0, 0.05) is 26.3 Å². The first-order chi connectivity index (χ1) is 6.13. The fourth-order valence-electron chi connectivity index (χ4n) is 1.53. The van der Waals surface area contributed by atoms with E-state index in [-0.39, 0.29) is 5.91 Å². The van der Waals surface area contributed by atoms with Crippen molar-refractivity contribution in [2.24, 2.45) is 0 Å². The highest BCUT2D eigenvalue weighted by Crippen LogP contribution is 2.14. The summed E-state index contributed by atoms with van der Waals surface area (Å²) < 4.78 is 5.22. The molecule has 1 fully saturated rings. The molecular weight excluding hydrogens is 190 g/mol. The van der Waals surface area contributed by atoms with Crippen molar-refractivity contribution in [3.63, 3.8) is 0 Å². The number of alkyl halides is 1. The van der Waals surface area contributed by atoms with Crippen molar-refractivity contribution in [1.82, 2.24) is 4.90 Å². The molecular formula is C9H16ClNO2. The van der Waals surface area contributed by atoms with Crippen LogP contribution in [0.4, 0.5) is 0 Å². The Hall–Kier alpha value is -0.280. The van der Waals surface area contributed by atoms with Crippen LogP contribution in [-0.4, -0.2) is 42.5 Å². The normalized spacial score (nSPS) is 21.2. The lowest BCUT2D eigenvalue weighted by Gasteiger charge is -2.31. The second-order valence-corrected chi connectivity index (χ2v) is 4.06. The van der Waals surface area contributed by atoms with E-state index in [2.05, 4.69) is 0 Å². The van der Waals surface area contributed by atoms with Crippen LogP contribution in [0.5, 0.6) is 0 Å². The lowest BCUT2D eigenvalue weighted by atomic mass is 10.1. The second kappa shape index (κ2) is 4.82. The van der Waals surface area contributed by atoms with E-state index in [0.717, 1.165) is 26.1 Å². The van der Waals surface area contributed by atoms with Gasteiger partial charge in [0.2, 0.25) is 5.91 Å². The van der Waals surface area contributed by atoms with Gasteiger partial charge in [0.25, 0.3) is 0 Å². The standard InChI is InChI=1S/C9H16ClNO2/c1-7(10)9(12)11(2)8-3-5-13-6-4-8/h7-8H,3-6H2,1-2H3/t7-/m1/s1. The van der Waals surface area contributed by atoms with Crippen molar-refractivity contribution in [2.45, 2.75) is 31.2 Å². The molecule has 0 N–H and O–H groups in total. The zero-order valence-corrected chi connectivity index (χ0v) is 8.88. The van der Waals surface area contributed by atoms with Gasteiger partial charge in [-0.2, -0.15) is 0 Å². The van der Waals surface area contributed by atoms with Crippen LogP contribution in [0.15, 0.2) is 0 Å². The Morgan fingerprint density at radius 3 is 2.54 bits per heavy atom. The van der Waals surface area contributed by atoms with Crippen LogP contribution < -0.4 is 0 Å². The minimum absolute atomic E-state index is 0.00793. The topological polar surface area (TPSA) is 29.5 Å². The molecule has 0 aromatic carbocycles. The average Bonchev–Trinajstić information content (AvgIpc) is 2.17. The predicted molar refractivity (Wildman–Crippen MR) is 51.9 cm³/mol.